The molecule has 0 bridgehead atoms. The van der Waals surface area contributed by atoms with E-state index in [-0.39, 0.29) is 17.9 Å². The van der Waals surface area contributed by atoms with Crippen LogP contribution in [0.4, 0.5) is 0 Å². The normalized spacial score (nSPS) is 12.6. The predicted octanol–water partition coefficient (Wildman–Crippen LogP) is 3.29. The maximum Gasteiger partial charge on any atom is 0.336 e. The van der Waals surface area contributed by atoms with Gasteiger partial charge in [0.25, 0.3) is 5.56 Å². The fourth-order valence-corrected chi connectivity index (χ4v) is 4.10. The Labute approximate surface area is 169 Å². The Morgan fingerprint density at radius 2 is 1.47 bits per heavy atom. The molecule has 3 aromatic carbocycles. The van der Waals surface area contributed by atoms with E-state index in [0.717, 1.165) is 0 Å². The van der Waals surface area contributed by atoms with Crippen LogP contribution in [0.2, 0.25) is 0 Å². The summed E-state index contributed by atoms with van der Waals surface area (Å²) in [6, 6.07) is 8.25. The fraction of sp³-hybridized carbons (Fsp3) is 0.182. The molecule has 0 aliphatic carbocycles. The van der Waals surface area contributed by atoms with Crippen molar-refractivity contribution in [3.8, 4) is 23.0 Å². The summed E-state index contributed by atoms with van der Waals surface area (Å²) in [7, 11) is 4.66. The van der Waals surface area contributed by atoms with Gasteiger partial charge in [0, 0.05) is 28.6 Å². The average molecular weight is 407 g/mol. The standard InChI is InChI=1S/C22H17NO7/c1-23-20-12(10-5-16(27-2)17(28-3)8-14(10)21(23)24)4-15(22(25)26)11-6-18-19(7-13(11)20)30-9-29-18/h4-8H,9H2,1-3H3,(H,25,26). The topological polar surface area (TPSA) is 96.2 Å². The van der Waals surface area contributed by atoms with E-state index < -0.39 is 5.97 Å². The molecule has 0 radical (unpaired) electrons. The van der Waals surface area contributed by atoms with Crippen LogP contribution in [0.1, 0.15) is 10.4 Å². The molecule has 0 fully saturated rings. The van der Waals surface area contributed by atoms with Crippen molar-refractivity contribution in [3.05, 3.63) is 46.2 Å². The van der Waals surface area contributed by atoms with Crippen LogP contribution in [-0.4, -0.2) is 36.7 Å². The first-order chi connectivity index (χ1) is 14.4. The molecule has 8 nitrogen and oxygen atoms in total. The number of fused-ring (bicyclic) bond motifs is 6. The lowest BCUT2D eigenvalue weighted by atomic mass is 9.96. The Kier molecular flexibility index (Phi) is 3.79. The average Bonchev–Trinajstić information content (AvgIpc) is 3.21. The summed E-state index contributed by atoms with van der Waals surface area (Å²) in [5.41, 5.74) is 0.462. The molecule has 5 rings (SSSR count). The number of hydrogen-bond donors (Lipinski definition) is 1. The van der Waals surface area contributed by atoms with Gasteiger partial charge in [-0.05, 0) is 30.3 Å². The number of pyridine rings is 1. The molecule has 152 valence electrons. The first-order valence-electron chi connectivity index (χ1n) is 9.12. The molecule has 8 heteroatoms. The van der Waals surface area contributed by atoms with Gasteiger partial charge in [-0.3, -0.25) is 4.79 Å². The summed E-state index contributed by atoms with van der Waals surface area (Å²) < 4.78 is 23.2. The first kappa shape index (κ1) is 18.1. The highest BCUT2D eigenvalue weighted by Crippen LogP contribution is 2.42. The smallest absolute Gasteiger partial charge is 0.336 e. The third kappa shape index (κ3) is 2.33. The quantitative estimate of drug-likeness (QED) is 0.521. The minimum atomic E-state index is -1.08. The Morgan fingerprint density at radius 3 is 2.07 bits per heavy atom. The summed E-state index contributed by atoms with van der Waals surface area (Å²) in [5, 5.41) is 12.5. The van der Waals surface area contributed by atoms with Crippen molar-refractivity contribution in [2.45, 2.75) is 0 Å². The number of aromatic nitrogens is 1. The van der Waals surface area contributed by atoms with Crippen LogP contribution >= 0.6 is 0 Å². The number of ether oxygens (including phenoxy) is 4. The van der Waals surface area contributed by atoms with E-state index in [2.05, 4.69) is 0 Å². The predicted molar refractivity (Wildman–Crippen MR) is 110 cm³/mol. The molecular formula is C22H17NO7. The monoisotopic (exact) mass is 407 g/mol. The Balaban J connectivity index is 2.06. The van der Waals surface area contributed by atoms with Crippen molar-refractivity contribution in [1.29, 1.82) is 0 Å². The summed E-state index contributed by atoms with van der Waals surface area (Å²) in [6.07, 6.45) is 0. The number of carboxylic acids is 1. The Hall–Kier alpha value is -3.94. The van der Waals surface area contributed by atoms with Gasteiger partial charge < -0.3 is 28.6 Å². The van der Waals surface area contributed by atoms with Gasteiger partial charge >= 0.3 is 5.97 Å². The van der Waals surface area contributed by atoms with Gasteiger partial charge in [0.1, 0.15) is 0 Å². The summed E-state index contributed by atoms with van der Waals surface area (Å²) in [4.78, 5) is 25.3. The van der Waals surface area contributed by atoms with Crippen LogP contribution in [0.15, 0.2) is 35.1 Å². The van der Waals surface area contributed by atoms with Crippen molar-refractivity contribution in [2.24, 2.45) is 7.05 Å². The van der Waals surface area contributed by atoms with Crippen molar-refractivity contribution in [2.75, 3.05) is 21.0 Å². The minimum Gasteiger partial charge on any atom is -0.493 e. The van der Waals surface area contributed by atoms with Crippen molar-refractivity contribution in [1.82, 2.24) is 4.57 Å². The Morgan fingerprint density at radius 1 is 0.900 bits per heavy atom. The molecular weight excluding hydrogens is 390 g/mol. The maximum absolute atomic E-state index is 13.2. The molecule has 4 aromatic rings. The SMILES string of the molecule is COc1cc2c(=O)n(C)c3c4cc5c(cc4c(C(=O)O)cc3c2cc1OC)OCO5. The van der Waals surface area contributed by atoms with E-state index in [1.54, 1.807) is 37.4 Å². The molecule has 0 saturated carbocycles. The van der Waals surface area contributed by atoms with Gasteiger partial charge in [-0.2, -0.15) is 0 Å². The highest BCUT2D eigenvalue weighted by Gasteiger charge is 2.23. The second-order valence-electron chi connectivity index (χ2n) is 6.99. The van der Waals surface area contributed by atoms with Crippen molar-refractivity contribution in [3.63, 3.8) is 0 Å². The number of benzene rings is 3. The van der Waals surface area contributed by atoms with Gasteiger partial charge in [0.15, 0.2) is 23.0 Å². The van der Waals surface area contributed by atoms with Crippen LogP contribution in [0.25, 0.3) is 32.4 Å². The minimum absolute atomic E-state index is 0.0604. The number of carboxylic acid groups (broad SMARTS) is 1. The van der Waals surface area contributed by atoms with E-state index in [4.69, 9.17) is 18.9 Å². The zero-order valence-corrected chi connectivity index (χ0v) is 16.4. The number of hydrogen-bond acceptors (Lipinski definition) is 6. The molecule has 0 saturated heterocycles. The van der Waals surface area contributed by atoms with Gasteiger partial charge in [-0.25, -0.2) is 4.79 Å². The maximum atomic E-state index is 13.2. The van der Waals surface area contributed by atoms with Crippen LogP contribution in [0.5, 0.6) is 23.0 Å². The van der Waals surface area contributed by atoms with Crippen LogP contribution in [0.3, 0.4) is 0 Å². The van der Waals surface area contributed by atoms with Gasteiger partial charge in [-0.1, -0.05) is 0 Å². The second-order valence-corrected chi connectivity index (χ2v) is 6.99. The first-order valence-corrected chi connectivity index (χ1v) is 9.12. The van der Waals surface area contributed by atoms with Crippen LogP contribution in [0, 0.1) is 0 Å². The van der Waals surface area contributed by atoms with Crippen molar-refractivity contribution >= 4 is 38.4 Å². The number of nitrogens with zero attached hydrogens (tertiary/aromatic N) is 1. The molecule has 30 heavy (non-hydrogen) atoms. The lowest BCUT2D eigenvalue weighted by Crippen LogP contribution is -2.18. The molecule has 0 unspecified atom stereocenters. The molecule has 1 aliphatic rings. The number of aryl methyl sites for hydroxylation is 1. The Bertz CT molecular complexity index is 1450. The largest absolute Gasteiger partial charge is 0.493 e. The highest BCUT2D eigenvalue weighted by molar-refractivity contribution is 6.21. The zero-order chi connectivity index (χ0) is 21.2. The van der Waals surface area contributed by atoms with E-state index in [1.807, 2.05) is 0 Å². The lowest BCUT2D eigenvalue weighted by Gasteiger charge is -2.16. The van der Waals surface area contributed by atoms with Gasteiger partial charge in [-0.15, -0.1) is 0 Å². The summed E-state index contributed by atoms with van der Waals surface area (Å²) in [5.74, 6) is 0.766. The summed E-state index contributed by atoms with van der Waals surface area (Å²) >= 11 is 0. The number of methoxy groups -OCH3 is 2. The van der Waals surface area contributed by atoms with E-state index in [0.29, 0.717) is 55.4 Å². The van der Waals surface area contributed by atoms with Crippen molar-refractivity contribution < 1.29 is 28.8 Å². The molecule has 1 N–H and O–H groups in total. The van der Waals surface area contributed by atoms with Crippen LogP contribution in [-0.2, 0) is 7.05 Å². The zero-order valence-electron chi connectivity index (χ0n) is 16.4. The number of carbonyl (C=O) groups is 1. The molecule has 2 heterocycles. The number of aromatic carboxylic acids is 1. The lowest BCUT2D eigenvalue weighted by molar-refractivity contribution is 0.0699. The van der Waals surface area contributed by atoms with E-state index in [1.165, 1.54) is 18.8 Å². The number of rotatable bonds is 3. The van der Waals surface area contributed by atoms with E-state index >= 15 is 0 Å². The molecule has 1 aliphatic heterocycles. The molecule has 0 atom stereocenters. The second kappa shape index (κ2) is 6.28. The molecule has 1 aromatic heterocycles. The molecule has 0 amide bonds. The molecule has 0 spiro atoms. The fourth-order valence-electron chi connectivity index (χ4n) is 4.10. The van der Waals surface area contributed by atoms with Gasteiger partial charge in [0.2, 0.25) is 6.79 Å². The summed E-state index contributed by atoms with van der Waals surface area (Å²) in [6.45, 7) is 0.0604. The third-order valence-corrected chi connectivity index (χ3v) is 5.52. The van der Waals surface area contributed by atoms with Gasteiger partial charge in [0.05, 0.1) is 30.7 Å². The van der Waals surface area contributed by atoms with E-state index in [9.17, 15) is 14.7 Å². The third-order valence-electron chi connectivity index (χ3n) is 5.52. The van der Waals surface area contributed by atoms with Crippen LogP contribution < -0.4 is 24.5 Å². The highest BCUT2D eigenvalue weighted by atomic mass is 16.7.